The van der Waals surface area contributed by atoms with Crippen molar-refractivity contribution in [3.8, 4) is 11.5 Å². The zero-order valence-electron chi connectivity index (χ0n) is 26.1. The minimum absolute atomic E-state index is 0.0119. The number of likely N-dealkylation sites (N-methyl/N-ethyl adjacent to an activating group) is 1. The van der Waals surface area contributed by atoms with E-state index in [9.17, 15) is 23.1 Å². The van der Waals surface area contributed by atoms with Gasteiger partial charge in [-0.25, -0.2) is 8.42 Å². The summed E-state index contributed by atoms with van der Waals surface area (Å²) in [5.74, 6) is -0.0607. The number of benzene rings is 2. The number of nitrogens with one attached hydrogen (secondary N) is 3. The van der Waals surface area contributed by atoms with Gasteiger partial charge in [0.1, 0.15) is 6.04 Å². The van der Waals surface area contributed by atoms with Crippen LogP contribution in [-0.4, -0.2) is 80.8 Å². The van der Waals surface area contributed by atoms with E-state index in [1.165, 1.54) is 16.4 Å². The molecule has 12 heteroatoms. The van der Waals surface area contributed by atoms with E-state index in [4.69, 9.17) is 9.47 Å². The molecule has 4 N–H and O–H groups in total. The number of nitrogens with zero attached hydrogens (tertiary/aromatic N) is 1. The second kappa shape index (κ2) is 14.5. The molecule has 1 heterocycles. The summed E-state index contributed by atoms with van der Waals surface area (Å²) < 4.78 is 39.6. The Labute approximate surface area is 255 Å². The van der Waals surface area contributed by atoms with Gasteiger partial charge >= 0.3 is 0 Å². The highest BCUT2D eigenvalue weighted by Crippen LogP contribution is 2.35. The number of ether oxygens (including phenoxy) is 2. The van der Waals surface area contributed by atoms with Crippen molar-refractivity contribution < 1.29 is 32.6 Å². The van der Waals surface area contributed by atoms with Crippen LogP contribution in [0.1, 0.15) is 47.1 Å². The van der Waals surface area contributed by atoms with Crippen LogP contribution in [0.4, 0.5) is 0 Å². The maximum atomic E-state index is 13.8. The fourth-order valence-electron chi connectivity index (χ4n) is 4.69. The van der Waals surface area contributed by atoms with Crippen LogP contribution in [0.15, 0.2) is 53.4 Å². The Morgan fingerprint density at radius 3 is 2.21 bits per heavy atom. The van der Waals surface area contributed by atoms with Gasteiger partial charge < -0.3 is 30.5 Å². The van der Waals surface area contributed by atoms with E-state index in [0.717, 1.165) is 5.56 Å². The Morgan fingerprint density at radius 2 is 1.60 bits per heavy atom. The van der Waals surface area contributed by atoms with Gasteiger partial charge in [0.2, 0.25) is 28.6 Å². The largest absolute Gasteiger partial charge is 0.454 e. The van der Waals surface area contributed by atoms with Gasteiger partial charge in [-0.2, -0.15) is 4.31 Å². The molecule has 3 rings (SSSR count). The van der Waals surface area contributed by atoms with Crippen LogP contribution in [0.2, 0.25) is 0 Å². The molecule has 0 spiro atoms. The summed E-state index contributed by atoms with van der Waals surface area (Å²) in [4.78, 5) is 26.4. The molecule has 0 radical (unpaired) electrons. The normalized spacial score (nSPS) is 16.0. The molecule has 1 aliphatic heterocycles. The van der Waals surface area contributed by atoms with Crippen molar-refractivity contribution in [2.75, 3.05) is 26.9 Å². The van der Waals surface area contributed by atoms with Crippen molar-refractivity contribution >= 4 is 21.8 Å². The van der Waals surface area contributed by atoms with Crippen LogP contribution < -0.4 is 25.4 Å². The molecule has 0 aromatic heterocycles. The highest BCUT2D eigenvalue weighted by atomic mass is 32.2. The van der Waals surface area contributed by atoms with Crippen LogP contribution >= 0.6 is 0 Å². The lowest BCUT2D eigenvalue weighted by Gasteiger charge is -2.35. The smallest absolute Gasteiger partial charge is 0.243 e. The van der Waals surface area contributed by atoms with E-state index in [0.29, 0.717) is 11.5 Å². The number of rotatable bonds is 14. The lowest BCUT2D eigenvalue weighted by Crippen LogP contribution is -2.60. The molecule has 2 amide bonds. The lowest BCUT2D eigenvalue weighted by atomic mass is 9.85. The molecule has 11 nitrogen and oxygen atoms in total. The summed E-state index contributed by atoms with van der Waals surface area (Å²) in [6, 6.07) is 11.5. The van der Waals surface area contributed by atoms with E-state index >= 15 is 0 Å². The number of carbonyl (C=O) groups is 2. The van der Waals surface area contributed by atoms with Crippen LogP contribution in [0.25, 0.3) is 0 Å². The first-order chi connectivity index (χ1) is 20.1. The standard InChI is InChI=1S/C31H46N4O7S/c1-20(2)17-35(43(39,40)23-13-14-26-27(16-23)42-19-41-26)18-25(36)24(15-22-11-9-8-10-12-22)33-30(38)28(31(4,5)6)34-29(37)21(3)32-7/h8-14,16,20-21,24-25,28,32,36H,15,17-19H2,1-7H3,(H,33,38)(H,34,37). The minimum Gasteiger partial charge on any atom is -0.454 e. The summed E-state index contributed by atoms with van der Waals surface area (Å²) in [5, 5.41) is 20.2. The van der Waals surface area contributed by atoms with Crippen LogP contribution in [-0.2, 0) is 26.0 Å². The van der Waals surface area contributed by atoms with E-state index in [-0.39, 0.29) is 43.0 Å². The van der Waals surface area contributed by atoms with Crippen molar-refractivity contribution in [2.24, 2.45) is 11.3 Å². The van der Waals surface area contributed by atoms with Gasteiger partial charge in [0.25, 0.3) is 0 Å². The van der Waals surface area contributed by atoms with Crippen LogP contribution in [0, 0.1) is 11.3 Å². The number of aliphatic hydroxyl groups excluding tert-OH is 1. The lowest BCUT2D eigenvalue weighted by molar-refractivity contribution is -0.133. The van der Waals surface area contributed by atoms with Gasteiger partial charge in [-0.05, 0) is 49.4 Å². The summed E-state index contributed by atoms with van der Waals surface area (Å²) in [5.41, 5.74) is 0.197. The average Bonchev–Trinajstić information content (AvgIpc) is 3.42. The van der Waals surface area contributed by atoms with Crippen molar-refractivity contribution in [3.63, 3.8) is 0 Å². The zero-order chi connectivity index (χ0) is 31.9. The molecule has 238 valence electrons. The average molecular weight is 619 g/mol. The molecule has 0 fully saturated rings. The fraction of sp³-hybridized carbons (Fsp3) is 0.548. The molecular weight excluding hydrogens is 572 g/mol. The van der Waals surface area contributed by atoms with Crippen molar-refractivity contribution in [1.29, 1.82) is 0 Å². The molecule has 1 aliphatic rings. The SMILES string of the molecule is CNC(C)C(=O)NC(C(=O)NC(Cc1ccccc1)C(O)CN(CC(C)C)S(=O)(=O)c1ccc2c(c1)OCO2)C(C)(C)C. The van der Waals surface area contributed by atoms with Crippen molar-refractivity contribution in [3.05, 3.63) is 54.1 Å². The maximum absolute atomic E-state index is 13.8. The topological polar surface area (TPSA) is 146 Å². The first-order valence-corrected chi connectivity index (χ1v) is 16.0. The quantitative estimate of drug-likeness (QED) is 0.252. The Kier molecular flexibility index (Phi) is 11.6. The summed E-state index contributed by atoms with van der Waals surface area (Å²) in [6.07, 6.45) is -1.04. The molecular formula is C31H46N4O7S. The zero-order valence-corrected chi connectivity index (χ0v) is 26.9. The van der Waals surface area contributed by atoms with Crippen LogP contribution in [0.3, 0.4) is 0 Å². The Bertz CT molecular complexity index is 1350. The first kappa shape index (κ1) is 34.3. The summed E-state index contributed by atoms with van der Waals surface area (Å²) >= 11 is 0. The van der Waals surface area contributed by atoms with Gasteiger partial charge in [0.15, 0.2) is 11.5 Å². The summed E-state index contributed by atoms with van der Waals surface area (Å²) in [7, 11) is -2.40. The predicted molar refractivity (Wildman–Crippen MR) is 164 cm³/mol. The Balaban J connectivity index is 1.91. The van der Waals surface area contributed by atoms with E-state index < -0.39 is 45.6 Å². The molecule has 43 heavy (non-hydrogen) atoms. The third-order valence-corrected chi connectivity index (χ3v) is 9.10. The first-order valence-electron chi connectivity index (χ1n) is 14.5. The van der Waals surface area contributed by atoms with Crippen molar-refractivity contribution in [1.82, 2.24) is 20.3 Å². The molecule has 4 unspecified atom stereocenters. The molecule has 4 atom stereocenters. The minimum atomic E-state index is -4.05. The number of hydrogen-bond acceptors (Lipinski definition) is 8. The predicted octanol–water partition coefficient (Wildman–Crippen LogP) is 2.29. The third-order valence-electron chi connectivity index (χ3n) is 7.27. The highest BCUT2D eigenvalue weighted by molar-refractivity contribution is 7.89. The molecule has 0 saturated carbocycles. The van der Waals surface area contributed by atoms with Crippen LogP contribution in [0.5, 0.6) is 11.5 Å². The van der Waals surface area contributed by atoms with E-state index in [1.54, 1.807) is 20.0 Å². The van der Waals surface area contributed by atoms with Gasteiger partial charge in [-0.15, -0.1) is 0 Å². The summed E-state index contributed by atoms with van der Waals surface area (Å²) in [6.45, 7) is 10.9. The Morgan fingerprint density at radius 1 is 0.953 bits per heavy atom. The van der Waals surface area contributed by atoms with Gasteiger partial charge in [-0.1, -0.05) is 65.0 Å². The van der Waals surface area contributed by atoms with Gasteiger partial charge in [0.05, 0.1) is 23.1 Å². The third kappa shape index (κ3) is 9.15. The number of carbonyl (C=O) groups excluding carboxylic acids is 2. The van der Waals surface area contributed by atoms with Gasteiger partial charge in [0, 0.05) is 19.2 Å². The fourth-order valence-corrected chi connectivity index (χ4v) is 6.33. The number of amides is 2. The second-order valence-electron chi connectivity index (χ2n) is 12.4. The van der Waals surface area contributed by atoms with E-state index in [2.05, 4.69) is 16.0 Å². The number of sulfonamides is 1. The number of fused-ring (bicyclic) bond motifs is 1. The maximum Gasteiger partial charge on any atom is 0.243 e. The number of hydrogen-bond donors (Lipinski definition) is 4. The van der Waals surface area contributed by atoms with Gasteiger partial charge in [-0.3, -0.25) is 9.59 Å². The van der Waals surface area contributed by atoms with Crippen molar-refractivity contribution in [2.45, 2.75) is 77.1 Å². The number of aliphatic hydroxyl groups is 1. The molecule has 2 aromatic carbocycles. The molecule has 0 saturated heterocycles. The Hall–Kier alpha value is -3.19. The molecule has 2 aromatic rings. The highest BCUT2D eigenvalue weighted by Gasteiger charge is 2.37. The van der Waals surface area contributed by atoms with E-state index in [1.807, 2.05) is 65.0 Å². The molecule has 0 aliphatic carbocycles. The second-order valence-corrected chi connectivity index (χ2v) is 14.4. The molecule has 0 bridgehead atoms. The monoisotopic (exact) mass is 618 g/mol.